The lowest BCUT2D eigenvalue weighted by Crippen LogP contribution is -2.21. The van der Waals surface area contributed by atoms with Crippen LogP contribution in [0.5, 0.6) is 0 Å². The van der Waals surface area contributed by atoms with Crippen molar-refractivity contribution in [1.29, 1.82) is 0 Å². The minimum Gasteiger partial charge on any atom is -0.475 e. The summed E-state index contributed by atoms with van der Waals surface area (Å²) in [5.74, 6) is -2.19. The standard InChI is InChI=1S/C19H17N5O.C2HF3O2/c1-10(25)11-3-5-12(6-4-11)14-9-15-16(18(20)23-19(21)22-15)13-7-8-24(2)17(13)14;3-2(4,5)1(6)7/h3-9H,1-2H3,(H4,20,21,22,23);(H,6,7). The molecule has 11 heteroatoms. The van der Waals surface area contributed by atoms with Gasteiger partial charge >= 0.3 is 12.1 Å². The van der Waals surface area contributed by atoms with Gasteiger partial charge in [0.25, 0.3) is 0 Å². The molecule has 0 unspecified atom stereocenters. The van der Waals surface area contributed by atoms with E-state index < -0.39 is 12.1 Å². The molecule has 0 amide bonds. The van der Waals surface area contributed by atoms with E-state index in [0.29, 0.717) is 16.9 Å². The van der Waals surface area contributed by atoms with Crippen LogP contribution < -0.4 is 11.5 Å². The van der Waals surface area contributed by atoms with Gasteiger partial charge in [0.15, 0.2) is 5.78 Å². The summed E-state index contributed by atoms with van der Waals surface area (Å²) in [4.78, 5) is 28.9. The second kappa shape index (κ2) is 8.17. The average Bonchev–Trinajstić information content (AvgIpc) is 3.08. The summed E-state index contributed by atoms with van der Waals surface area (Å²) in [7, 11) is 1.98. The van der Waals surface area contributed by atoms with E-state index in [1.54, 1.807) is 6.92 Å². The number of rotatable bonds is 2. The van der Waals surface area contributed by atoms with Crippen molar-refractivity contribution in [2.24, 2.45) is 7.05 Å². The first kappa shape index (κ1) is 22.5. The number of ketones is 1. The number of aryl methyl sites for hydroxylation is 1. The Kier molecular flexibility index (Phi) is 5.76. The molecule has 0 atom stereocenters. The summed E-state index contributed by atoms with van der Waals surface area (Å²) in [5.41, 5.74) is 16.3. The molecule has 166 valence electrons. The number of carbonyl (C=O) groups excluding carboxylic acids is 1. The number of aromatic nitrogens is 3. The number of nitrogens with two attached hydrogens (primary N) is 2. The third-order valence-electron chi connectivity index (χ3n) is 4.71. The summed E-state index contributed by atoms with van der Waals surface area (Å²) >= 11 is 0. The molecular formula is C21H18F3N5O3. The van der Waals surface area contributed by atoms with E-state index in [0.717, 1.165) is 27.4 Å². The molecule has 0 bridgehead atoms. The van der Waals surface area contributed by atoms with Crippen LogP contribution in [0.15, 0.2) is 42.6 Å². The Hall–Kier alpha value is -4.15. The number of aliphatic carboxylic acids is 1. The van der Waals surface area contributed by atoms with E-state index in [2.05, 4.69) is 9.97 Å². The van der Waals surface area contributed by atoms with Gasteiger partial charge < -0.3 is 21.1 Å². The van der Waals surface area contributed by atoms with E-state index in [9.17, 15) is 18.0 Å². The maximum absolute atomic E-state index is 11.5. The third-order valence-corrected chi connectivity index (χ3v) is 4.71. The van der Waals surface area contributed by atoms with Crippen LogP contribution in [0, 0.1) is 0 Å². The molecule has 2 heterocycles. The molecule has 0 spiro atoms. The van der Waals surface area contributed by atoms with Gasteiger partial charge in [-0.3, -0.25) is 4.79 Å². The molecule has 0 aliphatic heterocycles. The topological polar surface area (TPSA) is 137 Å². The number of carboxylic acid groups (broad SMARTS) is 1. The van der Waals surface area contributed by atoms with Crippen molar-refractivity contribution in [3.8, 4) is 11.1 Å². The lowest BCUT2D eigenvalue weighted by atomic mass is 9.98. The Morgan fingerprint density at radius 2 is 1.66 bits per heavy atom. The maximum Gasteiger partial charge on any atom is 0.490 e. The van der Waals surface area contributed by atoms with Gasteiger partial charge in [-0.15, -0.1) is 0 Å². The van der Waals surface area contributed by atoms with Crippen LogP contribution in [-0.4, -0.2) is 37.6 Å². The van der Waals surface area contributed by atoms with Crippen LogP contribution >= 0.6 is 0 Å². The van der Waals surface area contributed by atoms with Crippen LogP contribution in [0.4, 0.5) is 24.9 Å². The van der Waals surface area contributed by atoms with Crippen molar-refractivity contribution >= 4 is 45.3 Å². The first-order valence-corrected chi connectivity index (χ1v) is 9.12. The maximum atomic E-state index is 11.5. The number of hydrogen-bond donors (Lipinski definition) is 3. The quantitative estimate of drug-likeness (QED) is 0.399. The highest BCUT2D eigenvalue weighted by molar-refractivity contribution is 6.15. The van der Waals surface area contributed by atoms with E-state index in [1.807, 2.05) is 54.2 Å². The predicted molar refractivity (Wildman–Crippen MR) is 114 cm³/mol. The Morgan fingerprint density at radius 3 is 2.19 bits per heavy atom. The molecule has 5 N–H and O–H groups in total. The van der Waals surface area contributed by atoms with Gasteiger partial charge in [0.1, 0.15) is 5.82 Å². The van der Waals surface area contributed by atoms with Crippen molar-refractivity contribution in [2.75, 3.05) is 11.5 Å². The van der Waals surface area contributed by atoms with Gasteiger partial charge in [0.2, 0.25) is 5.95 Å². The Morgan fingerprint density at radius 1 is 1.06 bits per heavy atom. The van der Waals surface area contributed by atoms with Crippen LogP contribution in [0.1, 0.15) is 17.3 Å². The number of alkyl halides is 3. The molecular weight excluding hydrogens is 427 g/mol. The minimum absolute atomic E-state index is 0.0439. The zero-order chi connectivity index (χ0) is 23.8. The number of hydrogen-bond acceptors (Lipinski definition) is 6. The van der Waals surface area contributed by atoms with Crippen molar-refractivity contribution < 1.29 is 27.9 Å². The molecule has 0 saturated carbocycles. The predicted octanol–water partition coefficient (Wildman–Crippen LogP) is 3.79. The molecule has 0 aliphatic carbocycles. The van der Waals surface area contributed by atoms with E-state index >= 15 is 0 Å². The average molecular weight is 445 g/mol. The molecule has 4 aromatic rings. The lowest BCUT2D eigenvalue weighted by molar-refractivity contribution is -0.192. The molecule has 4 rings (SSSR count). The number of fused-ring (bicyclic) bond motifs is 3. The Bertz CT molecular complexity index is 1350. The second-order valence-corrected chi connectivity index (χ2v) is 6.91. The molecule has 32 heavy (non-hydrogen) atoms. The number of nitrogen functional groups attached to an aromatic ring is 2. The number of anilines is 2. The summed E-state index contributed by atoms with van der Waals surface area (Å²) in [6.45, 7) is 1.56. The highest BCUT2D eigenvalue weighted by atomic mass is 19.4. The summed E-state index contributed by atoms with van der Waals surface area (Å²) in [6.07, 6.45) is -3.10. The number of carbonyl (C=O) groups is 2. The first-order valence-electron chi connectivity index (χ1n) is 9.12. The minimum atomic E-state index is -5.08. The fraction of sp³-hybridized carbons (Fsp3) is 0.143. The summed E-state index contributed by atoms with van der Waals surface area (Å²) in [5, 5.41) is 8.90. The van der Waals surface area contributed by atoms with Gasteiger partial charge in [-0.2, -0.15) is 18.2 Å². The third kappa shape index (κ3) is 4.31. The number of nitrogens with zero attached hydrogens (tertiary/aromatic N) is 3. The lowest BCUT2D eigenvalue weighted by Gasteiger charge is -2.11. The van der Waals surface area contributed by atoms with Crippen LogP contribution in [0.3, 0.4) is 0 Å². The summed E-state index contributed by atoms with van der Waals surface area (Å²) in [6, 6.07) is 11.5. The van der Waals surface area contributed by atoms with Crippen molar-refractivity contribution in [3.05, 3.63) is 48.2 Å². The van der Waals surface area contributed by atoms with Gasteiger partial charge in [0, 0.05) is 29.8 Å². The first-order chi connectivity index (χ1) is 14.9. The van der Waals surface area contributed by atoms with E-state index in [1.165, 1.54) is 0 Å². The van der Waals surface area contributed by atoms with Gasteiger partial charge in [-0.05, 0) is 24.6 Å². The molecule has 0 radical (unpaired) electrons. The highest BCUT2D eigenvalue weighted by Crippen LogP contribution is 2.36. The van der Waals surface area contributed by atoms with Gasteiger partial charge in [0.05, 0.1) is 16.4 Å². The molecule has 2 aromatic carbocycles. The van der Waals surface area contributed by atoms with Crippen molar-refractivity contribution in [1.82, 2.24) is 14.5 Å². The number of carboxylic acids is 1. The molecule has 0 fully saturated rings. The molecule has 0 aliphatic rings. The zero-order valence-corrected chi connectivity index (χ0v) is 16.9. The zero-order valence-electron chi connectivity index (χ0n) is 16.9. The number of benzene rings is 2. The van der Waals surface area contributed by atoms with Gasteiger partial charge in [-0.1, -0.05) is 24.3 Å². The highest BCUT2D eigenvalue weighted by Gasteiger charge is 2.38. The number of halogens is 3. The SMILES string of the molecule is CC(=O)c1ccc(-c2cc3nc(N)nc(N)c3c3ccn(C)c23)cc1.O=C(O)C(F)(F)F. The second-order valence-electron chi connectivity index (χ2n) is 6.91. The van der Waals surface area contributed by atoms with Crippen molar-refractivity contribution in [3.63, 3.8) is 0 Å². The summed E-state index contributed by atoms with van der Waals surface area (Å²) < 4.78 is 33.8. The molecule has 2 aromatic heterocycles. The fourth-order valence-corrected chi connectivity index (χ4v) is 3.27. The van der Waals surface area contributed by atoms with Crippen molar-refractivity contribution in [2.45, 2.75) is 13.1 Å². The fourth-order valence-electron chi connectivity index (χ4n) is 3.27. The smallest absolute Gasteiger partial charge is 0.475 e. The molecule has 0 saturated heterocycles. The van der Waals surface area contributed by atoms with E-state index in [4.69, 9.17) is 21.4 Å². The monoisotopic (exact) mass is 445 g/mol. The van der Waals surface area contributed by atoms with Crippen LogP contribution in [0.2, 0.25) is 0 Å². The molecule has 8 nitrogen and oxygen atoms in total. The number of Topliss-reactive ketones (excluding diaryl/α,β-unsaturated/α-hetero) is 1. The van der Waals surface area contributed by atoms with Crippen LogP contribution in [-0.2, 0) is 11.8 Å². The normalized spacial score (nSPS) is 11.3. The largest absolute Gasteiger partial charge is 0.490 e. The van der Waals surface area contributed by atoms with Gasteiger partial charge in [-0.25, -0.2) is 9.78 Å². The van der Waals surface area contributed by atoms with E-state index in [-0.39, 0.29) is 11.7 Å². The Labute approximate surface area is 179 Å². The Balaban J connectivity index is 0.000000360. The van der Waals surface area contributed by atoms with Crippen LogP contribution in [0.25, 0.3) is 32.9 Å².